The minimum absolute atomic E-state index is 0.0104. The van der Waals surface area contributed by atoms with Crippen LogP contribution in [0.2, 0.25) is 0 Å². The third-order valence-corrected chi connectivity index (χ3v) is 2.55. The number of aromatic nitrogens is 1. The van der Waals surface area contributed by atoms with Crippen LogP contribution in [0.4, 0.5) is 0 Å². The Balaban J connectivity index is 3.05. The third kappa shape index (κ3) is 2.17. The lowest BCUT2D eigenvalue weighted by atomic mass is 9.97. The predicted molar refractivity (Wildman–Crippen MR) is 58.6 cm³/mol. The van der Waals surface area contributed by atoms with Gasteiger partial charge in [0.25, 0.3) is 0 Å². The summed E-state index contributed by atoms with van der Waals surface area (Å²) in [6, 6.07) is 0. The minimum Gasteiger partial charge on any atom is -0.445 e. The van der Waals surface area contributed by atoms with E-state index in [9.17, 15) is 0 Å². The summed E-state index contributed by atoms with van der Waals surface area (Å²) in [7, 11) is 0. The van der Waals surface area contributed by atoms with Crippen LogP contribution in [0.5, 0.6) is 0 Å². The number of hydrogen-bond donors (Lipinski definition) is 0. The van der Waals surface area contributed by atoms with E-state index in [-0.39, 0.29) is 5.41 Å². The van der Waals surface area contributed by atoms with Gasteiger partial charge in [-0.05, 0) is 13.3 Å². The van der Waals surface area contributed by atoms with Gasteiger partial charge in [-0.3, -0.25) is 0 Å². The van der Waals surface area contributed by atoms with Crippen molar-refractivity contribution >= 4 is 0 Å². The Morgan fingerprint density at radius 2 is 1.93 bits per heavy atom. The van der Waals surface area contributed by atoms with Crippen LogP contribution in [0, 0.1) is 6.92 Å². The molecule has 1 aromatic rings. The molecule has 0 spiro atoms. The Hall–Kier alpha value is -0.790. The standard InChI is InChI=1S/C12H21NO/c1-7-8(2)10-9(3)14-11(13-10)12(4,5)6/h8H,7H2,1-6H3. The fourth-order valence-electron chi connectivity index (χ4n) is 1.38. The lowest BCUT2D eigenvalue weighted by molar-refractivity contribution is 0.380. The summed E-state index contributed by atoms with van der Waals surface area (Å²) in [6.07, 6.45) is 1.11. The van der Waals surface area contributed by atoms with Crippen molar-refractivity contribution in [2.45, 2.75) is 59.3 Å². The van der Waals surface area contributed by atoms with Gasteiger partial charge in [-0.25, -0.2) is 4.98 Å². The Bertz CT molecular complexity index is 307. The van der Waals surface area contributed by atoms with Crippen LogP contribution in [0.3, 0.4) is 0 Å². The zero-order valence-corrected chi connectivity index (χ0v) is 10.1. The number of aryl methyl sites for hydroxylation is 1. The zero-order chi connectivity index (χ0) is 10.9. The zero-order valence-electron chi connectivity index (χ0n) is 10.1. The number of oxazole rings is 1. The van der Waals surface area contributed by atoms with E-state index in [1.54, 1.807) is 0 Å². The van der Waals surface area contributed by atoms with E-state index in [1.807, 2.05) is 6.92 Å². The van der Waals surface area contributed by atoms with Crippen LogP contribution in [-0.2, 0) is 5.41 Å². The van der Waals surface area contributed by atoms with Gasteiger partial charge in [0.1, 0.15) is 5.76 Å². The number of hydrogen-bond acceptors (Lipinski definition) is 2. The van der Waals surface area contributed by atoms with E-state index < -0.39 is 0 Å². The fraction of sp³-hybridized carbons (Fsp3) is 0.750. The molecule has 0 saturated carbocycles. The number of rotatable bonds is 2. The van der Waals surface area contributed by atoms with Crippen molar-refractivity contribution in [2.24, 2.45) is 0 Å². The van der Waals surface area contributed by atoms with Gasteiger partial charge in [-0.1, -0.05) is 34.6 Å². The summed E-state index contributed by atoms with van der Waals surface area (Å²) in [6.45, 7) is 12.7. The van der Waals surface area contributed by atoms with Crippen molar-refractivity contribution in [3.05, 3.63) is 17.3 Å². The van der Waals surface area contributed by atoms with Crippen LogP contribution < -0.4 is 0 Å². The SMILES string of the molecule is CCC(C)c1nc(C(C)(C)C)oc1C. The van der Waals surface area contributed by atoms with E-state index in [0.717, 1.165) is 23.8 Å². The van der Waals surface area contributed by atoms with Crippen molar-refractivity contribution in [1.29, 1.82) is 0 Å². The second-order valence-corrected chi connectivity index (χ2v) is 5.02. The first-order chi connectivity index (χ1) is 6.36. The van der Waals surface area contributed by atoms with Crippen molar-refractivity contribution in [1.82, 2.24) is 4.98 Å². The molecule has 0 aromatic carbocycles. The molecule has 0 saturated heterocycles. The first kappa shape index (κ1) is 11.3. The Labute approximate surface area is 86.7 Å². The first-order valence-corrected chi connectivity index (χ1v) is 5.34. The van der Waals surface area contributed by atoms with Gasteiger partial charge in [0, 0.05) is 11.3 Å². The lowest BCUT2D eigenvalue weighted by Gasteiger charge is -2.12. The maximum absolute atomic E-state index is 5.69. The molecule has 0 amide bonds. The summed E-state index contributed by atoms with van der Waals surface area (Å²) < 4.78 is 5.69. The van der Waals surface area contributed by atoms with Gasteiger partial charge in [0.15, 0.2) is 5.89 Å². The summed E-state index contributed by atoms with van der Waals surface area (Å²) >= 11 is 0. The normalized spacial score (nSPS) is 14.4. The van der Waals surface area contributed by atoms with Gasteiger partial charge < -0.3 is 4.42 Å². The molecule has 0 bridgehead atoms. The largest absolute Gasteiger partial charge is 0.445 e. The molecule has 1 rings (SSSR count). The van der Waals surface area contributed by atoms with Crippen LogP contribution in [0.1, 0.15) is 64.3 Å². The average molecular weight is 195 g/mol. The molecule has 14 heavy (non-hydrogen) atoms. The molecule has 0 N–H and O–H groups in total. The van der Waals surface area contributed by atoms with E-state index in [4.69, 9.17) is 4.42 Å². The third-order valence-electron chi connectivity index (χ3n) is 2.55. The van der Waals surface area contributed by atoms with E-state index in [0.29, 0.717) is 5.92 Å². The molecular weight excluding hydrogens is 174 g/mol. The fourth-order valence-corrected chi connectivity index (χ4v) is 1.38. The molecular formula is C12H21NO. The molecule has 2 heteroatoms. The Morgan fingerprint density at radius 3 is 2.29 bits per heavy atom. The maximum Gasteiger partial charge on any atom is 0.200 e. The van der Waals surface area contributed by atoms with E-state index >= 15 is 0 Å². The molecule has 1 atom stereocenters. The van der Waals surface area contributed by atoms with Gasteiger partial charge in [-0.15, -0.1) is 0 Å². The van der Waals surface area contributed by atoms with Crippen LogP contribution in [-0.4, -0.2) is 4.98 Å². The van der Waals surface area contributed by atoms with Gasteiger partial charge in [0.2, 0.25) is 0 Å². The molecule has 2 nitrogen and oxygen atoms in total. The van der Waals surface area contributed by atoms with Crippen molar-refractivity contribution in [3.8, 4) is 0 Å². The first-order valence-electron chi connectivity index (χ1n) is 5.34. The van der Waals surface area contributed by atoms with Crippen LogP contribution in [0.25, 0.3) is 0 Å². The highest BCUT2D eigenvalue weighted by atomic mass is 16.4. The smallest absolute Gasteiger partial charge is 0.200 e. The van der Waals surface area contributed by atoms with E-state index in [2.05, 4.69) is 39.6 Å². The van der Waals surface area contributed by atoms with Crippen molar-refractivity contribution in [3.63, 3.8) is 0 Å². The second kappa shape index (κ2) is 3.76. The monoisotopic (exact) mass is 195 g/mol. The summed E-state index contributed by atoms with van der Waals surface area (Å²) in [5.74, 6) is 2.32. The lowest BCUT2D eigenvalue weighted by Crippen LogP contribution is -2.11. The molecule has 0 aliphatic heterocycles. The van der Waals surface area contributed by atoms with Gasteiger partial charge in [0.05, 0.1) is 5.69 Å². The van der Waals surface area contributed by atoms with Gasteiger partial charge in [-0.2, -0.15) is 0 Å². The summed E-state index contributed by atoms with van der Waals surface area (Å²) in [5.41, 5.74) is 1.13. The highest BCUT2D eigenvalue weighted by Crippen LogP contribution is 2.28. The molecule has 1 aromatic heterocycles. The Morgan fingerprint density at radius 1 is 1.36 bits per heavy atom. The summed E-state index contributed by atoms with van der Waals surface area (Å²) in [5, 5.41) is 0. The van der Waals surface area contributed by atoms with Crippen LogP contribution in [0.15, 0.2) is 4.42 Å². The molecule has 0 fully saturated rings. The van der Waals surface area contributed by atoms with Gasteiger partial charge >= 0.3 is 0 Å². The maximum atomic E-state index is 5.69. The molecule has 0 radical (unpaired) electrons. The molecule has 0 aliphatic rings. The highest BCUT2D eigenvalue weighted by Gasteiger charge is 2.23. The summed E-state index contributed by atoms with van der Waals surface area (Å²) in [4.78, 5) is 4.59. The van der Waals surface area contributed by atoms with Crippen molar-refractivity contribution < 1.29 is 4.42 Å². The molecule has 1 unspecified atom stereocenters. The molecule has 80 valence electrons. The number of nitrogens with zero attached hydrogens (tertiary/aromatic N) is 1. The quantitative estimate of drug-likeness (QED) is 0.717. The minimum atomic E-state index is 0.0104. The highest BCUT2D eigenvalue weighted by molar-refractivity contribution is 5.15. The van der Waals surface area contributed by atoms with E-state index in [1.165, 1.54) is 0 Å². The second-order valence-electron chi connectivity index (χ2n) is 5.02. The molecule has 1 heterocycles. The van der Waals surface area contributed by atoms with Crippen molar-refractivity contribution in [2.75, 3.05) is 0 Å². The predicted octanol–water partition coefficient (Wildman–Crippen LogP) is 3.79. The molecule has 0 aliphatic carbocycles. The Kier molecular flexibility index (Phi) is 3.03. The average Bonchev–Trinajstić information content (AvgIpc) is 2.45. The topological polar surface area (TPSA) is 26.0 Å². The van der Waals surface area contributed by atoms with Crippen LogP contribution >= 0.6 is 0 Å².